The van der Waals surface area contributed by atoms with Crippen LogP contribution in [0.2, 0.25) is 0 Å². The number of amides is 1. The first-order chi connectivity index (χ1) is 15.9. The number of carbonyl (C=O) groups is 1. The van der Waals surface area contributed by atoms with E-state index in [1.54, 1.807) is 17.0 Å². The van der Waals surface area contributed by atoms with Crippen LogP contribution in [0.3, 0.4) is 0 Å². The van der Waals surface area contributed by atoms with Crippen LogP contribution in [0.15, 0.2) is 53.4 Å². The summed E-state index contributed by atoms with van der Waals surface area (Å²) in [5, 5.41) is 8.92. The van der Waals surface area contributed by atoms with Crippen molar-refractivity contribution < 1.29 is 17.9 Å². The quantitative estimate of drug-likeness (QED) is 0.667. The van der Waals surface area contributed by atoms with Gasteiger partial charge in [0.1, 0.15) is 0 Å². The second-order valence-corrected chi connectivity index (χ2v) is 10.2. The Balaban J connectivity index is 1.33. The van der Waals surface area contributed by atoms with Gasteiger partial charge in [-0.25, -0.2) is 13.1 Å². The monoisotopic (exact) mass is 468 g/mol. The van der Waals surface area contributed by atoms with Crippen LogP contribution in [0, 0.1) is 11.3 Å². The molecule has 4 rings (SSSR count). The molecule has 33 heavy (non-hydrogen) atoms. The van der Waals surface area contributed by atoms with Gasteiger partial charge in [-0.15, -0.1) is 0 Å². The van der Waals surface area contributed by atoms with Crippen molar-refractivity contribution in [3.8, 4) is 6.07 Å². The van der Waals surface area contributed by atoms with Gasteiger partial charge in [0.2, 0.25) is 10.0 Å². The highest BCUT2D eigenvalue weighted by Gasteiger charge is 2.24. The number of nitrogens with zero attached hydrogens (tertiary/aromatic N) is 3. The van der Waals surface area contributed by atoms with Gasteiger partial charge in [-0.05, 0) is 48.7 Å². The van der Waals surface area contributed by atoms with Gasteiger partial charge < -0.3 is 9.64 Å². The zero-order valence-corrected chi connectivity index (χ0v) is 19.3. The van der Waals surface area contributed by atoms with E-state index in [4.69, 9.17) is 10.00 Å². The van der Waals surface area contributed by atoms with Gasteiger partial charge in [0.15, 0.2) is 0 Å². The van der Waals surface area contributed by atoms with Crippen LogP contribution in [0.4, 0.5) is 0 Å². The summed E-state index contributed by atoms with van der Waals surface area (Å²) in [6.07, 6.45) is 1.69. The van der Waals surface area contributed by atoms with Gasteiger partial charge in [0.25, 0.3) is 5.91 Å². The van der Waals surface area contributed by atoms with Crippen molar-refractivity contribution in [3.05, 3.63) is 65.2 Å². The maximum absolute atomic E-state index is 13.0. The molecule has 0 aliphatic carbocycles. The number of ether oxygens (including phenoxy) is 1. The average molecular weight is 469 g/mol. The standard InChI is InChI=1S/C24H28N4O4S/c25-16-19-6-8-20(9-7-19)18-27-10-12-28(13-11-27)24(29)21-3-1-5-23(15-21)33(30,31)26-17-22-4-2-14-32-22/h1,3,5-9,15,22,26H,2,4,10-14,17-18H2/t22-/m1/s1. The molecule has 0 spiro atoms. The minimum atomic E-state index is -3.71. The smallest absolute Gasteiger partial charge is 0.253 e. The summed E-state index contributed by atoms with van der Waals surface area (Å²) < 4.78 is 33.4. The number of nitriles is 1. The Hall–Kier alpha value is -2.77. The molecule has 0 aromatic heterocycles. The first-order valence-electron chi connectivity index (χ1n) is 11.2. The molecular weight excluding hydrogens is 440 g/mol. The highest BCUT2D eigenvalue weighted by atomic mass is 32.2. The number of hydrogen-bond acceptors (Lipinski definition) is 6. The molecule has 0 radical (unpaired) electrons. The Bertz CT molecular complexity index is 1110. The lowest BCUT2D eigenvalue weighted by Crippen LogP contribution is -2.48. The molecule has 174 valence electrons. The lowest BCUT2D eigenvalue weighted by Gasteiger charge is -2.34. The van der Waals surface area contributed by atoms with Gasteiger partial charge in [0.05, 0.1) is 22.6 Å². The molecule has 2 heterocycles. The topological polar surface area (TPSA) is 103 Å². The van der Waals surface area contributed by atoms with Gasteiger partial charge in [0, 0.05) is 51.4 Å². The van der Waals surface area contributed by atoms with Crippen LogP contribution in [0.1, 0.15) is 34.3 Å². The van der Waals surface area contributed by atoms with E-state index in [0.717, 1.165) is 38.0 Å². The van der Waals surface area contributed by atoms with E-state index in [1.165, 1.54) is 12.1 Å². The number of hydrogen-bond donors (Lipinski definition) is 1. The minimum Gasteiger partial charge on any atom is -0.377 e. The summed E-state index contributed by atoms with van der Waals surface area (Å²) in [7, 11) is -3.71. The third kappa shape index (κ3) is 5.97. The number of piperazine rings is 1. The first-order valence-corrected chi connectivity index (χ1v) is 12.6. The zero-order chi connectivity index (χ0) is 23.3. The Kier molecular flexibility index (Phi) is 7.40. The third-order valence-corrected chi connectivity index (χ3v) is 7.49. The molecule has 2 aromatic rings. The maximum atomic E-state index is 13.0. The van der Waals surface area contributed by atoms with E-state index >= 15 is 0 Å². The molecule has 0 bridgehead atoms. The molecule has 0 unspecified atom stereocenters. The normalized spacial score (nSPS) is 19.4. The summed E-state index contributed by atoms with van der Waals surface area (Å²) in [5.74, 6) is -0.163. The number of sulfonamides is 1. The fraction of sp³-hybridized carbons (Fsp3) is 0.417. The predicted octanol–water partition coefficient (Wildman–Crippen LogP) is 1.97. The third-order valence-electron chi connectivity index (χ3n) is 6.07. The zero-order valence-electron chi connectivity index (χ0n) is 18.4. The van der Waals surface area contributed by atoms with Gasteiger partial charge in [-0.1, -0.05) is 18.2 Å². The lowest BCUT2D eigenvalue weighted by atomic mass is 10.1. The second-order valence-electron chi connectivity index (χ2n) is 8.39. The van der Waals surface area contributed by atoms with Crippen molar-refractivity contribution in [2.75, 3.05) is 39.3 Å². The summed E-state index contributed by atoms with van der Waals surface area (Å²) in [6.45, 7) is 4.27. The molecule has 1 atom stereocenters. The minimum absolute atomic E-state index is 0.0887. The summed E-state index contributed by atoms with van der Waals surface area (Å²) in [6, 6.07) is 15.9. The SMILES string of the molecule is N#Cc1ccc(CN2CCN(C(=O)c3cccc(S(=O)(=O)NC[C@H]4CCCO4)c3)CC2)cc1. The van der Waals surface area contributed by atoms with E-state index in [2.05, 4.69) is 15.7 Å². The highest BCUT2D eigenvalue weighted by molar-refractivity contribution is 7.89. The summed E-state index contributed by atoms with van der Waals surface area (Å²) >= 11 is 0. The van der Waals surface area contributed by atoms with Gasteiger partial charge >= 0.3 is 0 Å². The highest BCUT2D eigenvalue weighted by Crippen LogP contribution is 2.17. The lowest BCUT2D eigenvalue weighted by molar-refractivity contribution is 0.0628. The fourth-order valence-corrected chi connectivity index (χ4v) is 5.23. The molecule has 2 aliphatic heterocycles. The molecule has 1 N–H and O–H groups in total. The summed E-state index contributed by atoms with van der Waals surface area (Å²) in [4.78, 5) is 17.1. The number of nitrogens with one attached hydrogen (secondary N) is 1. The Labute approximate surface area is 194 Å². The molecule has 0 saturated carbocycles. The van der Waals surface area contributed by atoms with Gasteiger partial charge in [-0.2, -0.15) is 5.26 Å². The van der Waals surface area contributed by atoms with Crippen LogP contribution >= 0.6 is 0 Å². The van der Waals surface area contributed by atoms with Crippen LogP contribution < -0.4 is 4.72 Å². The molecule has 1 amide bonds. The molecule has 8 nitrogen and oxygen atoms in total. The van der Waals surface area contributed by atoms with E-state index in [9.17, 15) is 13.2 Å². The molecule has 2 aliphatic rings. The number of rotatable bonds is 7. The average Bonchev–Trinajstić information content (AvgIpc) is 3.37. The van der Waals surface area contributed by atoms with Gasteiger partial charge in [-0.3, -0.25) is 9.69 Å². The Morgan fingerprint density at radius 2 is 1.88 bits per heavy atom. The van der Waals surface area contributed by atoms with E-state index in [-0.39, 0.29) is 23.5 Å². The van der Waals surface area contributed by atoms with Crippen molar-refractivity contribution in [1.82, 2.24) is 14.5 Å². The van der Waals surface area contributed by atoms with Crippen LogP contribution in [-0.4, -0.2) is 69.6 Å². The van der Waals surface area contributed by atoms with Crippen LogP contribution in [0.5, 0.6) is 0 Å². The van der Waals surface area contributed by atoms with E-state index < -0.39 is 10.0 Å². The van der Waals surface area contributed by atoms with Crippen molar-refractivity contribution in [3.63, 3.8) is 0 Å². The Morgan fingerprint density at radius 1 is 1.12 bits per heavy atom. The molecule has 2 fully saturated rings. The van der Waals surface area contributed by atoms with Crippen molar-refractivity contribution in [1.29, 1.82) is 5.26 Å². The first kappa shape index (κ1) is 23.4. The maximum Gasteiger partial charge on any atom is 0.253 e. The molecular formula is C24H28N4O4S. The Morgan fingerprint density at radius 3 is 2.55 bits per heavy atom. The summed E-state index contributed by atoms with van der Waals surface area (Å²) in [5.41, 5.74) is 2.14. The van der Waals surface area contributed by atoms with E-state index in [0.29, 0.717) is 30.8 Å². The number of benzene rings is 2. The molecule has 9 heteroatoms. The molecule has 2 saturated heterocycles. The second kappa shape index (κ2) is 10.4. The number of carbonyl (C=O) groups excluding carboxylic acids is 1. The van der Waals surface area contributed by atoms with Crippen LogP contribution in [0.25, 0.3) is 0 Å². The van der Waals surface area contributed by atoms with E-state index in [1.807, 2.05) is 24.3 Å². The predicted molar refractivity (Wildman–Crippen MR) is 123 cm³/mol. The molecule has 2 aromatic carbocycles. The fourth-order valence-electron chi connectivity index (χ4n) is 4.12. The largest absolute Gasteiger partial charge is 0.377 e. The van der Waals surface area contributed by atoms with Crippen molar-refractivity contribution in [2.45, 2.75) is 30.4 Å². The van der Waals surface area contributed by atoms with Crippen molar-refractivity contribution >= 4 is 15.9 Å². The van der Waals surface area contributed by atoms with Crippen molar-refractivity contribution in [2.24, 2.45) is 0 Å². The van der Waals surface area contributed by atoms with Crippen LogP contribution in [-0.2, 0) is 21.3 Å².